The van der Waals surface area contributed by atoms with E-state index in [1.54, 1.807) is 31.2 Å². The van der Waals surface area contributed by atoms with Crippen molar-refractivity contribution in [1.82, 2.24) is 10.2 Å². The summed E-state index contributed by atoms with van der Waals surface area (Å²) in [4.78, 5) is 0.195. The van der Waals surface area contributed by atoms with Gasteiger partial charge in [-0.2, -0.15) is 0 Å². The Hall–Kier alpha value is -1.51. The molecule has 0 aliphatic heterocycles. The van der Waals surface area contributed by atoms with Gasteiger partial charge in [0.05, 0.1) is 4.90 Å². The summed E-state index contributed by atoms with van der Waals surface area (Å²) in [5.41, 5.74) is 6.45. The lowest BCUT2D eigenvalue weighted by Crippen LogP contribution is -2.13. The highest BCUT2D eigenvalue weighted by molar-refractivity contribution is 7.93. The van der Waals surface area contributed by atoms with Crippen LogP contribution < -0.4 is 10.5 Å². The molecule has 0 saturated heterocycles. The Morgan fingerprint density at radius 3 is 2.47 bits per heavy atom. The standard InChI is InChI=1S/C11H14N4O2S2/c1-8-13-14-11(18-8)15-19(16,17)10-4-2-9(3-5-10)6-7-12/h2-5H,6-7,12H2,1H3,(H,14,15). The summed E-state index contributed by atoms with van der Waals surface area (Å²) in [7, 11) is -3.61. The molecule has 1 heterocycles. The van der Waals surface area contributed by atoms with Crippen molar-refractivity contribution in [3.8, 4) is 0 Å². The van der Waals surface area contributed by atoms with E-state index in [4.69, 9.17) is 5.73 Å². The van der Waals surface area contributed by atoms with Gasteiger partial charge in [0.15, 0.2) is 0 Å². The first kappa shape index (κ1) is 13.9. The molecule has 0 radical (unpaired) electrons. The third-order valence-electron chi connectivity index (χ3n) is 2.41. The van der Waals surface area contributed by atoms with Crippen LogP contribution >= 0.6 is 11.3 Å². The Balaban J connectivity index is 2.19. The molecule has 0 amide bonds. The van der Waals surface area contributed by atoms with E-state index in [0.717, 1.165) is 12.0 Å². The Morgan fingerprint density at radius 2 is 1.95 bits per heavy atom. The van der Waals surface area contributed by atoms with Crippen molar-refractivity contribution >= 4 is 26.5 Å². The van der Waals surface area contributed by atoms with E-state index >= 15 is 0 Å². The molecule has 2 rings (SSSR count). The summed E-state index contributed by atoms with van der Waals surface area (Å²) in [6, 6.07) is 6.63. The highest BCUT2D eigenvalue weighted by Gasteiger charge is 2.16. The molecule has 0 unspecified atom stereocenters. The summed E-state index contributed by atoms with van der Waals surface area (Å²) >= 11 is 1.19. The van der Waals surface area contributed by atoms with Gasteiger partial charge in [0.1, 0.15) is 5.01 Å². The molecule has 0 spiro atoms. The predicted octanol–water partition coefficient (Wildman–Crippen LogP) is 1.15. The molecule has 0 atom stereocenters. The number of anilines is 1. The van der Waals surface area contributed by atoms with Crippen LogP contribution in [0.5, 0.6) is 0 Å². The molecule has 0 saturated carbocycles. The average molecular weight is 298 g/mol. The minimum absolute atomic E-state index is 0.195. The van der Waals surface area contributed by atoms with Crippen molar-refractivity contribution in [3.63, 3.8) is 0 Å². The van der Waals surface area contributed by atoms with Crippen LogP contribution in [0.2, 0.25) is 0 Å². The number of hydrogen-bond acceptors (Lipinski definition) is 6. The van der Waals surface area contributed by atoms with Gasteiger partial charge >= 0.3 is 0 Å². The van der Waals surface area contributed by atoms with Crippen molar-refractivity contribution in [2.75, 3.05) is 11.3 Å². The van der Waals surface area contributed by atoms with Gasteiger partial charge in [-0.05, 0) is 37.6 Å². The van der Waals surface area contributed by atoms with Crippen molar-refractivity contribution in [3.05, 3.63) is 34.8 Å². The number of nitrogens with zero attached hydrogens (tertiary/aromatic N) is 2. The van der Waals surface area contributed by atoms with E-state index in [1.165, 1.54) is 11.3 Å². The maximum Gasteiger partial charge on any atom is 0.263 e. The number of nitrogens with one attached hydrogen (secondary N) is 1. The average Bonchev–Trinajstić information content (AvgIpc) is 2.75. The van der Waals surface area contributed by atoms with Gasteiger partial charge in [-0.3, -0.25) is 4.72 Å². The SMILES string of the molecule is Cc1nnc(NS(=O)(=O)c2ccc(CCN)cc2)s1. The maximum atomic E-state index is 12.1. The lowest BCUT2D eigenvalue weighted by Gasteiger charge is -2.05. The zero-order valence-electron chi connectivity index (χ0n) is 10.3. The second-order valence-corrected chi connectivity index (χ2v) is 6.78. The monoisotopic (exact) mass is 298 g/mol. The first-order valence-corrected chi connectivity index (χ1v) is 7.93. The second-order valence-electron chi connectivity index (χ2n) is 3.91. The molecule has 3 N–H and O–H groups in total. The highest BCUT2D eigenvalue weighted by Crippen LogP contribution is 2.19. The van der Waals surface area contributed by atoms with Crippen LogP contribution in [0.3, 0.4) is 0 Å². The molecule has 1 aromatic heterocycles. The van der Waals surface area contributed by atoms with Crippen molar-refractivity contribution in [2.45, 2.75) is 18.2 Å². The third kappa shape index (κ3) is 3.49. The number of rotatable bonds is 5. The van der Waals surface area contributed by atoms with E-state index in [2.05, 4.69) is 14.9 Å². The first-order chi connectivity index (χ1) is 9.01. The number of aromatic nitrogens is 2. The molecule has 2 aromatic rings. The lowest BCUT2D eigenvalue weighted by molar-refractivity contribution is 0.601. The van der Waals surface area contributed by atoms with Gasteiger partial charge < -0.3 is 5.73 Å². The molecule has 6 nitrogen and oxygen atoms in total. The van der Waals surface area contributed by atoms with E-state index in [9.17, 15) is 8.42 Å². The summed E-state index contributed by atoms with van der Waals surface area (Å²) < 4.78 is 26.6. The number of benzene rings is 1. The van der Waals surface area contributed by atoms with Crippen LogP contribution in [0.1, 0.15) is 10.6 Å². The van der Waals surface area contributed by atoms with Crippen LogP contribution in [-0.4, -0.2) is 25.2 Å². The van der Waals surface area contributed by atoms with E-state index in [-0.39, 0.29) is 10.0 Å². The van der Waals surface area contributed by atoms with Crippen LogP contribution in [0, 0.1) is 6.92 Å². The zero-order chi connectivity index (χ0) is 13.9. The molecule has 0 fully saturated rings. The van der Waals surface area contributed by atoms with Crippen LogP contribution in [-0.2, 0) is 16.4 Å². The van der Waals surface area contributed by atoms with Crippen molar-refractivity contribution in [2.24, 2.45) is 5.73 Å². The van der Waals surface area contributed by atoms with Gasteiger partial charge in [-0.25, -0.2) is 8.42 Å². The van der Waals surface area contributed by atoms with Crippen molar-refractivity contribution in [1.29, 1.82) is 0 Å². The second kappa shape index (κ2) is 5.64. The minimum Gasteiger partial charge on any atom is -0.330 e. The number of hydrogen-bond donors (Lipinski definition) is 2. The molecule has 19 heavy (non-hydrogen) atoms. The summed E-state index contributed by atoms with van der Waals surface area (Å²) in [6.07, 6.45) is 0.726. The van der Waals surface area contributed by atoms with Gasteiger partial charge in [-0.15, -0.1) is 10.2 Å². The number of sulfonamides is 1. The highest BCUT2D eigenvalue weighted by atomic mass is 32.2. The quantitative estimate of drug-likeness (QED) is 0.863. The summed E-state index contributed by atoms with van der Waals surface area (Å²) in [5, 5.41) is 8.47. The van der Waals surface area contributed by atoms with Crippen LogP contribution in [0.4, 0.5) is 5.13 Å². The first-order valence-electron chi connectivity index (χ1n) is 5.63. The fraction of sp³-hybridized carbons (Fsp3) is 0.273. The van der Waals surface area contributed by atoms with E-state index < -0.39 is 10.0 Å². The summed E-state index contributed by atoms with van der Waals surface area (Å²) in [5.74, 6) is 0. The number of aryl methyl sites for hydroxylation is 1. The molecule has 1 aromatic carbocycles. The molecular weight excluding hydrogens is 284 g/mol. The molecule has 8 heteroatoms. The largest absolute Gasteiger partial charge is 0.330 e. The number of nitrogens with two attached hydrogens (primary N) is 1. The Morgan fingerprint density at radius 1 is 1.26 bits per heavy atom. The fourth-order valence-electron chi connectivity index (χ4n) is 1.51. The van der Waals surface area contributed by atoms with E-state index in [1.807, 2.05) is 0 Å². The van der Waals surface area contributed by atoms with Crippen LogP contribution in [0.15, 0.2) is 29.2 Å². The van der Waals surface area contributed by atoms with Gasteiger partial charge in [0.2, 0.25) is 5.13 Å². The molecular formula is C11H14N4O2S2. The van der Waals surface area contributed by atoms with Gasteiger partial charge in [0.25, 0.3) is 10.0 Å². The smallest absolute Gasteiger partial charge is 0.263 e. The van der Waals surface area contributed by atoms with E-state index in [0.29, 0.717) is 11.6 Å². The normalized spacial score (nSPS) is 11.5. The van der Waals surface area contributed by atoms with Crippen LogP contribution in [0.25, 0.3) is 0 Å². The Bertz CT molecular complexity index is 650. The summed E-state index contributed by atoms with van der Waals surface area (Å²) in [6.45, 7) is 2.30. The Labute approximate surface area is 115 Å². The molecule has 0 aliphatic carbocycles. The lowest BCUT2D eigenvalue weighted by atomic mass is 10.2. The molecule has 0 bridgehead atoms. The maximum absolute atomic E-state index is 12.1. The molecule has 0 aliphatic rings. The minimum atomic E-state index is -3.61. The van der Waals surface area contributed by atoms with Gasteiger partial charge in [-0.1, -0.05) is 23.5 Å². The predicted molar refractivity (Wildman–Crippen MR) is 74.7 cm³/mol. The molecule has 102 valence electrons. The third-order valence-corrected chi connectivity index (χ3v) is 4.65. The van der Waals surface area contributed by atoms with Gasteiger partial charge in [0, 0.05) is 0 Å². The zero-order valence-corrected chi connectivity index (χ0v) is 12.0. The topological polar surface area (TPSA) is 98.0 Å². The Kier molecular flexibility index (Phi) is 4.13. The fourth-order valence-corrected chi connectivity index (χ4v) is 3.34. The van der Waals surface area contributed by atoms with Crippen molar-refractivity contribution < 1.29 is 8.42 Å².